The van der Waals surface area contributed by atoms with Gasteiger partial charge in [-0.05, 0) is 36.6 Å². The third-order valence-corrected chi connectivity index (χ3v) is 4.54. The quantitative estimate of drug-likeness (QED) is 0.667. The summed E-state index contributed by atoms with van der Waals surface area (Å²) in [5.74, 6) is 0. The largest absolute Gasteiger partial charge is 0.377 e. The Morgan fingerprint density at radius 1 is 1.16 bits per heavy atom. The van der Waals surface area contributed by atoms with Gasteiger partial charge in [0.05, 0.1) is 16.6 Å². The molecule has 2 aromatic carbocycles. The van der Waals surface area contributed by atoms with Crippen LogP contribution in [0, 0.1) is 21.4 Å². The molecule has 0 amide bonds. The first kappa shape index (κ1) is 16.9. The molecule has 0 radical (unpaired) electrons. The van der Waals surface area contributed by atoms with Gasteiger partial charge in [0, 0.05) is 31.7 Å². The minimum Gasteiger partial charge on any atom is -0.377 e. The summed E-state index contributed by atoms with van der Waals surface area (Å²) in [6.45, 7) is 2.75. The SMILES string of the molecule is N#Cc1ccc(CN2CCC(Nc3ccccc3[N+](=O)[O-])CC2)cc1. The molecule has 1 heterocycles. The standard InChI is InChI=1S/C19H20N4O2/c20-13-15-5-7-16(8-6-15)14-22-11-9-17(10-12-22)21-18-3-1-2-4-19(18)23(24)25/h1-8,17,21H,9-12,14H2. The van der Waals surface area contributed by atoms with Gasteiger partial charge < -0.3 is 5.32 Å². The number of anilines is 1. The van der Waals surface area contributed by atoms with Crippen LogP contribution in [-0.4, -0.2) is 29.0 Å². The molecule has 0 spiro atoms. The number of rotatable bonds is 5. The summed E-state index contributed by atoms with van der Waals surface area (Å²) in [7, 11) is 0. The van der Waals surface area contributed by atoms with Gasteiger partial charge in [0.1, 0.15) is 5.69 Å². The molecular formula is C19H20N4O2. The molecule has 0 unspecified atom stereocenters. The molecule has 1 fully saturated rings. The molecule has 0 atom stereocenters. The predicted octanol–water partition coefficient (Wildman–Crippen LogP) is 3.54. The molecule has 2 aromatic rings. The van der Waals surface area contributed by atoms with Crippen LogP contribution in [0.5, 0.6) is 0 Å². The number of hydrogen-bond acceptors (Lipinski definition) is 5. The van der Waals surface area contributed by atoms with E-state index >= 15 is 0 Å². The maximum Gasteiger partial charge on any atom is 0.292 e. The van der Waals surface area contributed by atoms with Gasteiger partial charge in [0.15, 0.2) is 0 Å². The number of hydrogen-bond donors (Lipinski definition) is 1. The molecule has 1 N–H and O–H groups in total. The highest BCUT2D eigenvalue weighted by molar-refractivity contribution is 5.61. The third kappa shape index (κ3) is 4.34. The van der Waals surface area contributed by atoms with Crippen molar-refractivity contribution in [1.82, 2.24) is 4.90 Å². The molecule has 1 saturated heterocycles. The average Bonchev–Trinajstić information content (AvgIpc) is 2.64. The summed E-state index contributed by atoms with van der Waals surface area (Å²) in [4.78, 5) is 13.1. The van der Waals surface area contributed by atoms with Crippen LogP contribution in [0.15, 0.2) is 48.5 Å². The summed E-state index contributed by atoms with van der Waals surface area (Å²) >= 11 is 0. The van der Waals surface area contributed by atoms with E-state index in [1.807, 2.05) is 30.3 Å². The van der Waals surface area contributed by atoms with Gasteiger partial charge in [-0.25, -0.2) is 0 Å². The van der Waals surface area contributed by atoms with Crippen molar-refractivity contribution in [3.8, 4) is 6.07 Å². The molecule has 6 heteroatoms. The molecule has 0 saturated carbocycles. The number of benzene rings is 2. The number of nitro benzene ring substituents is 1. The van der Waals surface area contributed by atoms with E-state index < -0.39 is 0 Å². The van der Waals surface area contributed by atoms with E-state index in [1.165, 1.54) is 11.6 Å². The highest BCUT2D eigenvalue weighted by atomic mass is 16.6. The zero-order valence-electron chi connectivity index (χ0n) is 13.9. The zero-order valence-corrected chi connectivity index (χ0v) is 13.9. The van der Waals surface area contributed by atoms with Crippen LogP contribution in [0.2, 0.25) is 0 Å². The third-order valence-electron chi connectivity index (χ3n) is 4.54. The van der Waals surface area contributed by atoms with E-state index in [2.05, 4.69) is 16.3 Å². The first-order chi connectivity index (χ1) is 12.2. The minimum atomic E-state index is -0.345. The van der Waals surface area contributed by atoms with E-state index in [9.17, 15) is 10.1 Å². The summed E-state index contributed by atoms with van der Waals surface area (Å²) in [5, 5.41) is 23.3. The highest BCUT2D eigenvalue weighted by Gasteiger charge is 2.21. The first-order valence-corrected chi connectivity index (χ1v) is 8.37. The number of nitro groups is 1. The van der Waals surface area contributed by atoms with Crippen LogP contribution in [0.4, 0.5) is 11.4 Å². The topological polar surface area (TPSA) is 82.2 Å². The molecule has 0 aliphatic carbocycles. The van der Waals surface area contributed by atoms with Crippen molar-refractivity contribution < 1.29 is 4.92 Å². The number of nitrogens with zero attached hydrogens (tertiary/aromatic N) is 3. The van der Waals surface area contributed by atoms with Gasteiger partial charge in [-0.3, -0.25) is 15.0 Å². The fourth-order valence-corrected chi connectivity index (χ4v) is 3.15. The average molecular weight is 336 g/mol. The number of nitrogens with one attached hydrogen (secondary N) is 1. The van der Waals surface area contributed by atoms with E-state index in [4.69, 9.17) is 5.26 Å². The Bertz CT molecular complexity index is 775. The molecule has 6 nitrogen and oxygen atoms in total. The fourth-order valence-electron chi connectivity index (χ4n) is 3.15. The zero-order chi connectivity index (χ0) is 17.6. The summed E-state index contributed by atoms with van der Waals surface area (Å²) in [6, 6.07) is 16.9. The molecule has 1 aliphatic rings. The van der Waals surface area contributed by atoms with Crippen molar-refractivity contribution in [3.63, 3.8) is 0 Å². The van der Waals surface area contributed by atoms with Crippen molar-refractivity contribution in [3.05, 3.63) is 69.8 Å². The van der Waals surface area contributed by atoms with Gasteiger partial charge >= 0.3 is 0 Å². The molecule has 3 rings (SSSR count). The Morgan fingerprint density at radius 2 is 1.84 bits per heavy atom. The second kappa shape index (κ2) is 7.77. The fraction of sp³-hybridized carbons (Fsp3) is 0.316. The van der Waals surface area contributed by atoms with E-state index in [1.54, 1.807) is 12.1 Å². The van der Waals surface area contributed by atoms with E-state index in [-0.39, 0.29) is 16.7 Å². The molecule has 25 heavy (non-hydrogen) atoms. The first-order valence-electron chi connectivity index (χ1n) is 8.37. The second-order valence-electron chi connectivity index (χ2n) is 6.28. The van der Waals surface area contributed by atoms with Gasteiger partial charge in [-0.2, -0.15) is 5.26 Å². The molecule has 128 valence electrons. The maximum absolute atomic E-state index is 11.1. The van der Waals surface area contributed by atoms with Gasteiger partial charge in [-0.1, -0.05) is 24.3 Å². The lowest BCUT2D eigenvalue weighted by molar-refractivity contribution is -0.384. The summed E-state index contributed by atoms with van der Waals surface area (Å²) in [5.41, 5.74) is 2.60. The van der Waals surface area contributed by atoms with Crippen molar-refractivity contribution in [2.45, 2.75) is 25.4 Å². The lowest BCUT2D eigenvalue weighted by atomic mass is 10.0. The maximum atomic E-state index is 11.1. The molecule has 0 bridgehead atoms. The number of piperidine rings is 1. The Hall–Kier alpha value is -2.91. The monoisotopic (exact) mass is 336 g/mol. The van der Waals surface area contributed by atoms with Crippen LogP contribution in [-0.2, 0) is 6.54 Å². The van der Waals surface area contributed by atoms with Crippen LogP contribution >= 0.6 is 0 Å². The van der Waals surface area contributed by atoms with Crippen LogP contribution in [0.1, 0.15) is 24.0 Å². The number of para-hydroxylation sites is 2. The predicted molar refractivity (Wildman–Crippen MR) is 96.2 cm³/mol. The van der Waals surface area contributed by atoms with Gasteiger partial charge in [0.2, 0.25) is 0 Å². The normalized spacial score (nSPS) is 15.5. The second-order valence-corrected chi connectivity index (χ2v) is 6.28. The molecular weight excluding hydrogens is 316 g/mol. The van der Waals surface area contributed by atoms with E-state index in [0.29, 0.717) is 11.3 Å². The van der Waals surface area contributed by atoms with Gasteiger partial charge in [-0.15, -0.1) is 0 Å². The molecule has 0 aromatic heterocycles. The smallest absolute Gasteiger partial charge is 0.292 e. The van der Waals surface area contributed by atoms with Crippen molar-refractivity contribution in [1.29, 1.82) is 5.26 Å². The van der Waals surface area contributed by atoms with Crippen molar-refractivity contribution >= 4 is 11.4 Å². The lowest BCUT2D eigenvalue weighted by Gasteiger charge is -2.32. The highest BCUT2D eigenvalue weighted by Crippen LogP contribution is 2.26. The minimum absolute atomic E-state index is 0.127. The lowest BCUT2D eigenvalue weighted by Crippen LogP contribution is -2.38. The number of likely N-dealkylation sites (tertiary alicyclic amines) is 1. The Balaban J connectivity index is 1.53. The Kier molecular flexibility index (Phi) is 5.26. The van der Waals surface area contributed by atoms with Crippen molar-refractivity contribution in [2.75, 3.05) is 18.4 Å². The number of nitriles is 1. The Morgan fingerprint density at radius 3 is 2.48 bits per heavy atom. The summed E-state index contributed by atoms with van der Waals surface area (Å²) in [6.07, 6.45) is 1.89. The van der Waals surface area contributed by atoms with Crippen molar-refractivity contribution in [2.24, 2.45) is 0 Å². The Labute approximate surface area is 146 Å². The van der Waals surface area contributed by atoms with Crippen LogP contribution in [0.25, 0.3) is 0 Å². The summed E-state index contributed by atoms with van der Waals surface area (Å²) < 4.78 is 0. The van der Waals surface area contributed by atoms with Crippen LogP contribution < -0.4 is 5.32 Å². The van der Waals surface area contributed by atoms with Crippen LogP contribution in [0.3, 0.4) is 0 Å². The molecule has 1 aliphatic heterocycles. The van der Waals surface area contributed by atoms with Gasteiger partial charge in [0.25, 0.3) is 5.69 Å². The van der Waals surface area contributed by atoms with E-state index in [0.717, 1.165) is 32.5 Å².